The highest BCUT2D eigenvalue weighted by molar-refractivity contribution is 7.92. The van der Waals surface area contributed by atoms with Crippen LogP contribution in [0.3, 0.4) is 0 Å². The van der Waals surface area contributed by atoms with Crippen molar-refractivity contribution in [2.75, 3.05) is 17.6 Å². The van der Waals surface area contributed by atoms with Gasteiger partial charge in [0.2, 0.25) is 0 Å². The summed E-state index contributed by atoms with van der Waals surface area (Å²) in [6.45, 7) is 2.21. The molecule has 0 radical (unpaired) electrons. The summed E-state index contributed by atoms with van der Waals surface area (Å²) >= 11 is 0. The summed E-state index contributed by atoms with van der Waals surface area (Å²) in [4.78, 5) is 18.2. The van der Waals surface area contributed by atoms with Gasteiger partial charge in [0, 0.05) is 19.0 Å². The van der Waals surface area contributed by atoms with Crippen molar-refractivity contribution in [2.24, 2.45) is 0 Å². The molecule has 2 rings (SSSR count). The van der Waals surface area contributed by atoms with Gasteiger partial charge in [-0.3, -0.25) is 4.79 Å². The lowest BCUT2D eigenvalue weighted by Gasteiger charge is -2.11. The fraction of sp³-hybridized carbons (Fsp3) is 0.636. The molecular weight excluding hydrogens is 254 g/mol. The topological polar surface area (TPSA) is 91.9 Å². The molecule has 6 nitrogen and oxygen atoms in total. The van der Waals surface area contributed by atoms with E-state index >= 15 is 0 Å². The van der Waals surface area contributed by atoms with Crippen LogP contribution in [0.25, 0.3) is 0 Å². The third kappa shape index (κ3) is 2.90. The zero-order chi connectivity index (χ0) is 13.2. The highest BCUT2D eigenvalue weighted by Crippen LogP contribution is 2.20. The van der Waals surface area contributed by atoms with Crippen molar-refractivity contribution in [3.63, 3.8) is 0 Å². The molecule has 1 fully saturated rings. The highest BCUT2D eigenvalue weighted by atomic mass is 32.2. The molecule has 1 atom stereocenters. The summed E-state index contributed by atoms with van der Waals surface area (Å²) < 4.78 is 23.3. The molecule has 1 aliphatic rings. The van der Waals surface area contributed by atoms with E-state index in [0.29, 0.717) is 31.0 Å². The molecule has 1 unspecified atom stereocenters. The van der Waals surface area contributed by atoms with E-state index in [9.17, 15) is 13.2 Å². The third-order valence-corrected chi connectivity index (χ3v) is 5.38. The second-order valence-electron chi connectivity index (χ2n) is 4.44. The molecule has 2 N–H and O–H groups in total. The number of anilines is 1. The van der Waals surface area contributed by atoms with Crippen molar-refractivity contribution in [3.05, 3.63) is 22.2 Å². The highest BCUT2D eigenvalue weighted by Gasteiger charge is 2.30. The van der Waals surface area contributed by atoms with Gasteiger partial charge in [-0.2, -0.15) is 0 Å². The first kappa shape index (κ1) is 13.1. The Morgan fingerprint density at radius 1 is 1.56 bits per heavy atom. The third-order valence-electron chi connectivity index (χ3n) is 3.10. The number of H-pyrrole nitrogens is 1. The number of aryl methyl sites for hydroxylation is 1. The Morgan fingerprint density at radius 2 is 2.33 bits per heavy atom. The van der Waals surface area contributed by atoms with Crippen LogP contribution in [-0.4, -0.2) is 35.9 Å². The molecule has 0 amide bonds. The Morgan fingerprint density at radius 3 is 2.94 bits per heavy atom. The van der Waals surface area contributed by atoms with E-state index in [1.807, 2.05) is 6.92 Å². The number of aromatic amines is 1. The van der Waals surface area contributed by atoms with Gasteiger partial charge in [0.1, 0.15) is 11.6 Å². The molecule has 1 saturated heterocycles. The number of sulfone groups is 1. The van der Waals surface area contributed by atoms with Crippen molar-refractivity contribution in [3.8, 4) is 0 Å². The average molecular weight is 271 g/mol. The summed E-state index contributed by atoms with van der Waals surface area (Å²) in [7, 11) is -2.96. The van der Waals surface area contributed by atoms with Crippen LogP contribution in [0.4, 0.5) is 5.82 Å². The van der Waals surface area contributed by atoms with Crippen molar-refractivity contribution < 1.29 is 8.42 Å². The van der Waals surface area contributed by atoms with Gasteiger partial charge >= 0.3 is 0 Å². The number of rotatable bonds is 4. The Bertz CT molecular complexity index is 579. The lowest BCUT2D eigenvalue weighted by atomic mass is 10.2. The van der Waals surface area contributed by atoms with Crippen LogP contribution in [0.5, 0.6) is 0 Å². The molecule has 18 heavy (non-hydrogen) atoms. The summed E-state index contributed by atoms with van der Waals surface area (Å²) in [5.74, 6) is 1.31. The molecule has 1 aromatic rings. The Kier molecular flexibility index (Phi) is 3.70. The maximum Gasteiger partial charge on any atom is 0.252 e. The van der Waals surface area contributed by atoms with Gasteiger partial charge in [-0.15, -0.1) is 0 Å². The predicted molar refractivity (Wildman–Crippen MR) is 69.5 cm³/mol. The van der Waals surface area contributed by atoms with E-state index in [4.69, 9.17) is 0 Å². The zero-order valence-corrected chi connectivity index (χ0v) is 11.1. The number of nitrogens with one attached hydrogen (secondary N) is 2. The number of hydrogen-bond donors (Lipinski definition) is 2. The van der Waals surface area contributed by atoms with Crippen LogP contribution in [0.2, 0.25) is 0 Å². The van der Waals surface area contributed by atoms with Crippen molar-refractivity contribution in [1.82, 2.24) is 9.97 Å². The number of hydrogen-bond acceptors (Lipinski definition) is 5. The summed E-state index contributed by atoms with van der Waals surface area (Å²) in [5, 5.41) is 2.59. The summed E-state index contributed by atoms with van der Waals surface area (Å²) in [6, 6.07) is 1.35. The van der Waals surface area contributed by atoms with Gasteiger partial charge in [-0.05, 0) is 12.8 Å². The molecule has 7 heteroatoms. The average Bonchev–Trinajstić information content (AvgIpc) is 2.65. The molecular formula is C11H17N3O3S. The Balaban J connectivity index is 2.06. The number of aromatic nitrogens is 2. The van der Waals surface area contributed by atoms with Gasteiger partial charge in [0.05, 0.1) is 11.0 Å². The second-order valence-corrected chi connectivity index (χ2v) is 6.84. The van der Waals surface area contributed by atoms with Crippen LogP contribution in [-0.2, 0) is 16.3 Å². The standard InChI is InChI=1S/C11H17N3O3S/c1-2-9-13-10(6-11(15)14-9)12-7-8-4-3-5-18(8,16)17/h6,8H,2-5,7H2,1H3,(H2,12,13,14,15). The fourth-order valence-corrected chi connectivity index (χ4v) is 3.84. The van der Waals surface area contributed by atoms with E-state index in [2.05, 4.69) is 15.3 Å². The summed E-state index contributed by atoms with van der Waals surface area (Å²) in [6.07, 6.45) is 2.03. The lowest BCUT2D eigenvalue weighted by Crippen LogP contribution is -2.26. The van der Waals surface area contributed by atoms with E-state index in [1.165, 1.54) is 6.07 Å². The minimum atomic E-state index is -2.96. The molecule has 0 aromatic carbocycles. The van der Waals surface area contributed by atoms with Crippen molar-refractivity contribution in [2.45, 2.75) is 31.4 Å². The van der Waals surface area contributed by atoms with Crippen molar-refractivity contribution >= 4 is 15.7 Å². The van der Waals surface area contributed by atoms with Crippen molar-refractivity contribution in [1.29, 1.82) is 0 Å². The number of nitrogens with zero attached hydrogens (tertiary/aromatic N) is 1. The maximum atomic E-state index is 11.6. The smallest absolute Gasteiger partial charge is 0.252 e. The molecule has 0 aliphatic carbocycles. The Labute approximate surface area is 106 Å². The monoisotopic (exact) mass is 271 g/mol. The quantitative estimate of drug-likeness (QED) is 0.823. The van der Waals surface area contributed by atoms with Gasteiger partial charge in [-0.1, -0.05) is 6.92 Å². The first-order valence-electron chi connectivity index (χ1n) is 6.07. The molecule has 0 bridgehead atoms. The molecule has 0 spiro atoms. The van der Waals surface area contributed by atoms with Crippen LogP contribution >= 0.6 is 0 Å². The van der Waals surface area contributed by atoms with Gasteiger partial charge in [-0.25, -0.2) is 13.4 Å². The lowest BCUT2D eigenvalue weighted by molar-refractivity contribution is 0.591. The van der Waals surface area contributed by atoms with Crippen LogP contribution in [0.1, 0.15) is 25.6 Å². The van der Waals surface area contributed by atoms with Crippen LogP contribution < -0.4 is 10.9 Å². The minimum Gasteiger partial charge on any atom is -0.369 e. The largest absolute Gasteiger partial charge is 0.369 e. The van der Waals surface area contributed by atoms with Gasteiger partial charge in [0.25, 0.3) is 5.56 Å². The first-order chi connectivity index (χ1) is 8.51. The van der Waals surface area contributed by atoms with Gasteiger partial charge in [0.15, 0.2) is 9.84 Å². The van der Waals surface area contributed by atoms with E-state index < -0.39 is 9.84 Å². The molecule has 1 aromatic heterocycles. The zero-order valence-electron chi connectivity index (χ0n) is 10.3. The van der Waals surface area contributed by atoms with Crippen LogP contribution in [0.15, 0.2) is 10.9 Å². The normalized spacial score (nSPS) is 21.9. The van der Waals surface area contributed by atoms with E-state index in [0.717, 1.165) is 6.42 Å². The second kappa shape index (κ2) is 5.09. The fourth-order valence-electron chi connectivity index (χ4n) is 2.07. The molecule has 0 saturated carbocycles. The Hall–Kier alpha value is -1.37. The summed E-state index contributed by atoms with van der Waals surface area (Å²) in [5.41, 5.74) is -0.223. The molecule has 100 valence electrons. The predicted octanol–water partition coefficient (Wildman–Crippen LogP) is 0.321. The molecule has 2 heterocycles. The SMILES string of the molecule is CCc1nc(NCC2CCCS2(=O)=O)cc(=O)[nH]1. The van der Waals surface area contributed by atoms with E-state index in [1.54, 1.807) is 0 Å². The maximum absolute atomic E-state index is 11.6. The minimum absolute atomic E-state index is 0.223. The molecule has 1 aliphatic heterocycles. The van der Waals surface area contributed by atoms with E-state index in [-0.39, 0.29) is 16.6 Å². The van der Waals surface area contributed by atoms with Crippen LogP contribution in [0, 0.1) is 0 Å². The first-order valence-corrected chi connectivity index (χ1v) is 7.78. The van der Waals surface area contributed by atoms with Gasteiger partial charge < -0.3 is 10.3 Å².